The van der Waals surface area contributed by atoms with Gasteiger partial charge in [0, 0.05) is 39.2 Å². The summed E-state index contributed by atoms with van der Waals surface area (Å²) in [6.07, 6.45) is 11.9. The van der Waals surface area contributed by atoms with E-state index in [0.717, 1.165) is 51.6 Å². The van der Waals surface area contributed by atoms with Crippen molar-refractivity contribution in [1.29, 1.82) is 0 Å². The Kier molecular flexibility index (Phi) is 13.5. The third-order valence-corrected chi connectivity index (χ3v) is 6.27. The second-order valence-electron chi connectivity index (χ2n) is 8.77. The summed E-state index contributed by atoms with van der Waals surface area (Å²) in [6.45, 7) is 5.47. The first kappa shape index (κ1) is 26.4. The zero-order chi connectivity index (χ0) is 20.9. The number of nitrogens with one attached hydrogen (secondary N) is 1. The summed E-state index contributed by atoms with van der Waals surface area (Å²) in [5, 5.41) is 3.54. The van der Waals surface area contributed by atoms with E-state index in [1.807, 2.05) is 13.1 Å². The molecule has 1 saturated carbocycles. The minimum Gasteiger partial charge on any atom is -0.378 e. The molecule has 1 heterocycles. The van der Waals surface area contributed by atoms with Crippen molar-refractivity contribution >= 4 is 29.9 Å². The van der Waals surface area contributed by atoms with Gasteiger partial charge in [-0.3, -0.25) is 4.99 Å². The molecule has 3 rings (SSSR count). The van der Waals surface area contributed by atoms with E-state index in [2.05, 4.69) is 39.5 Å². The van der Waals surface area contributed by atoms with E-state index >= 15 is 0 Å². The van der Waals surface area contributed by atoms with Crippen LogP contribution in [-0.2, 0) is 16.1 Å². The fraction of sp³-hybridized carbons (Fsp3) is 0.720. The number of hydrogen-bond acceptors (Lipinski definition) is 3. The van der Waals surface area contributed by atoms with Crippen LogP contribution >= 0.6 is 24.0 Å². The fourth-order valence-electron chi connectivity index (χ4n) is 4.50. The number of nitrogens with zero attached hydrogens (tertiary/aromatic N) is 2. The lowest BCUT2D eigenvalue weighted by Crippen LogP contribution is -2.40. The topological polar surface area (TPSA) is 46.1 Å². The lowest BCUT2D eigenvalue weighted by atomic mass is 10.1. The Hall–Kier alpha value is -0.860. The number of halogens is 1. The van der Waals surface area contributed by atoms with Crippen molar-refractivity contribution in [3.8, 4) is 0 Å². The molecule has 1 aromatic carbocycles. The SMILES string of the molecule is CN=C(NCCCCOC1CCCCCC1)N1CCC(COCc2ccccc2)C1.I. The molecule has 176 valence electrons. The average Bonchev–Trinajstić information content (AvgIpc) is 3.08. The normalized spacial score (nSPS) is 20.4. The van der Waals surface area contributed by atoms with Crippen LogP contribution in [0.5, 0.6) is 0 Å². The smallest absolute Gasteiger partial charge is 0.193 e. The van der Waals surface area contributed by atoms with Gasteiger partial charge in [-0.15, -0.1) is 24.0 Å². The molecule has 1 aliphatic heterocycles. The molecule has 0 aromatic heterocycles. The minimum absolute atomic E-state index is 0. The van der Waals surface area contributed by atoms with Crippen LogP contribution in [0.1, 0.15) is 63.4 Å². The summed E-state index contributed by atoms with van der Waals surface area (Å²) in [5.74, 6) is 1.62. The zero-order valence-electron chi connectivity index (χ0n) is 19.3. The monoisotopic (exact) mass is 543 g/mol. The summed E-state index contributed by atoms with van der Waals surface area (Å²) in [7, 11) is 1.89. The highest BCUT2D eigenvalue weighted by molar-refractivity contribution is 14.0. The molecule has 5 nitrogen and oxygen atoms in total. The van der Waals surface area contributed by atoms with E-state index < -0.39 is 0 Å². The van der Waals surface area contributed by atoms with Crippen LogP contribution in [0.2, 0.25) is 0 Å². The van der Waals surface area contributed by atoms with Gasteiger partial charge in [0.05, 0.1) is 19.3 Å². The van der Waals surface area contributed by atoms with Gasteiger partial charge in [-0.1, -0.05) is 56.0 Å². The van der Waals surface area contributed by atoms with E-state index in [-0.39, 0.29) is 24.0 Å². The Morgan fingerprint density at radius 3 is 2.58 bits per heavy atom. The van der Waals surface area contributed by atoms with Crippen molar-refractivity contribution in [2.75, 3.05) is 39.9 Å². The van der Waals surface area contributed by atoms with E-state index in [1.165, 1.54) is 50.5 Å². The maximum Gasteiger partial charge on any atom is 0.193 e. The van der Waals surface area contributed by atoms with Gasteiger partial charge in [0.2, 0.25) is 0 Å². The van der Waals surface area contributed by atoms with Gasteiger partial charge in [0.15, 0.2) is 5.96 Å². The van der Waals surface area contributed by atoms with Crippen LogP contribution < -0.4 is 5.32 Å². The second-order valence-corrected chi connectivity index (χ2v) is 8.77. The molecule has 0 spiro atoms. The van der Waals surface area contributed by atoms with Gasteiger partial charge in [-0.05, 0) is 37.7 Å². The third kappa shape index (κ3) is 10.1. The number of rotatable bonds is 10. The quantitative estimate of drug-likeness (QED) is 0.144. The molecule has 1 aliphatic carbocycles. The molecule has 1 atom stereocenters. The molecular formula is C25H42IN3O2. The Bertz CT molecular complexity index is 606. The largest absolute Gasteiger partial charge is 0.378 e. The summed E-state index contributed by atoms with van der Waals surface area (Å²) < 4.78 is 12.0. The van der Waals surface area contributed by atoms with Crippen LogP contribution in [0.15, 0.2) is 35.3 Å². The van der Waals surface area contributed by atoms with E-state index in [0.29, 0.717) is 18.6 Å². The van der Waals surface area contributed by atoms with E-state index in [9.17, 15) is 0 Å². The number of unbranched alkanes of at least 4 members (excludes halogenated alkanes) is 1. The molecule has 6 heteroatoms. The Morgan fingerprint density at radius 1 is 1.06 bits per heavy atom. The number of hydrogen-bond donors (Lipinski definition) is 1. The Balaban J connectivity index is 0.00000341. The molecule has 1 saturated heterocycles. The number of aliphatic imine (C=N–C) groups is 1. The first-order valence-corrected chi connectivity index (χ1v) is 12.0. The molecule has 2 fully saturated rings. The summed E-state index contributed by atoms with van der Waals surface area (Å²) in [5.41, 5.74) is 1.24. The molecule has 2 aliphatic rings. The summed E-state index contributed by atoms with van der Waals surface area (Å²) in [4.78, 5) is 6.87. The molecule has 0 radical (unpaired) electrons. The fourth-order valence-corrected chi connectivity index (χ4v) is 4.50. The van der Waals surface area contributed by atoms with Crippen molar-refractivity contribution in [3.05, 3.63) is 35.9 Å². The van der Waals surface area contributed by atoms with Crippen LogP contribution in [-0.4, -0.2) is 56.9 Å². The van der Waals surface area contributed by atoms with Gasteiger partial charge >= 0.3 is 0 Å². The number of likely N-dealkylation sites (tertiary alicyclic amines) is 1. The van der Waals surface area contributed by atoms with Gasteiger partial charge < -0.3 is 19.7 Å². The van der Waals surface area contributed by atoms with E-state index in [1.54, 1.807) is 0 Å². The second kappa shape index (κ2) is 15.9. The molecule has 0 amide bonds. The van der Waals surface area contributed by atoms with Crippen LogP contribution in [0.25, 0.3) is 0 Å². The van der Waals surface area contributed by atoms with Crippen molar-refractivity contribution < 1.29 is 9.47 Å². The highest BCUT2D eigenvalue weighted by Gasteiger charge is 2.24. The maximum atomic E-state index is 6.10. The first-order valence-electron chi connectivity index (χ1n) is 12.0. The lowest BCUT2D eigenvalue weighted by molar-refractivity contribution is 0.0411. The molecule has 0 bridgehead atoms. The lowest BCUT2D eigenvalue weighted by Gasteiger charge is -2.22. The van der Waals surface area contributed by atoms with Gasteiger partial charge in [0.1, 0.15) is 0 Å². The van der Waals surface area contributed by atoms with Crippen molar-refractivity contribution in [2.45, 2.75) is 70.5 Å². The number of guanidine groups is 1. The highest BCUT2D eigenvalue weighted by atomic mass is 127. The molecule has 1 aromatic rings. The Labute approximate surface area is 206 Å². The molecule has 1 N–H and O–H groups in total. The van der Waals surface area contributed by atoms with Crippen molar-refractivity contribution in [1.82, 2.24) is 10.2 Å². The average molecular weight is 544 g/mol. The molecular weight excluding hydrogens is 501 g/mol. The van der Waals surface area contributed by atoms with Gasteiger partial charge in [-0.2, -0.15) is 0 Å². The standard InChI is InChI=1S/C25H41N3O2.HI/c1-26-25(27-16-9-10-18-30-24-13-7-2-3-8-14-24)28-17-15-23(19-28)21-29-20-22-11-5-4-6-12-22;/h4-6,11-12,23-24H,2-3,7-10,13-21H2,1H3,(H,26,27);1H. The minimum atomic E-state index is 0. The number of benzene rings is 1. The predicted molar refractivity (Wildman–Crippen MR) is 139 cm³/mol. The van der Waals surface area contributed by atoms with Gasteiger partial charge in [0.25, 0.3) is 0 Å². The Morgan fingerprint density at radius 2 is 1.84 bits per heavy atom. The van der Waals surface area contributed by atoms with Gasteiger partial charge in [-0.25, -0.2) is 0 Å². The highest BCUT2D eigenvalue weighted by Crippen LogP contribution is 2.20. The first-order chi connectivity index (χ1) is 14.8. The summed E-state index contributed by atoms with van der Waals surface area (Å²) in [6, 6.07) is 10.4. The maximum absolute atomic E-state index is 6.10. The van der Waals surface area contributed by atoms with Crippen molar-refractivity contribution in [2.24, 2.45) is 10.9 Å². The van der Waals surface area contributed by atoms with Crippen LogP contribution in [0.4, 0.5) is 0 Å². The molecule has 1 unspecified atom stereocenters. The zero-order valence-corrected chi connectivity index (χ0v) is 21.6. The number of ether oxygens (including phenoxy) is 2. The third-order valence-electron chi connectivity index (χ3n) is 6.27. The predicted octanol–water partition coefficient (Wildman–Crippen LogP) is 5.24. The summed E-state index contributed by atoms with van der Waals surface area (Å²) >= 11 is 0. The van der Waals surface area contributed by atoms with Crippen LogP contribution in [0, 0.1) is 5.92 Å². The van der Waals surface area contributed by atoms with Crippen LogP contribution in [0.3, 0.4) is 0 Å². The van der Waals surface area contributed by atoms with E-state index in [4.69, 9.17) is 9.47 Å². The molecule has 31 heavy (non-hydrogen) atoms. The van der Waals surface area contributed by atoms with Crippen molar-refractivity contribution in [3.63, 3.8) is 0 Å².